The van der Waals surface area contributed by atoms with Gasteiger partial charge < -0.3 is 0 Å². The van der Waals surface area contributed by atoms with E-state index in [1.165, 1.54) is 0 Å². The minimum Gasteiger partial charge on any atom is -0.0683 e. The van der Waals surface area contributed by atoms with Gasteiger partial charge in [-0.05, 0) is 0 Å². The van der Waals surface area contributed by atoms with Crippen molar-refractivity contribution >= 4 is 14.5 Å². The van der Waals surface area contributed by atoms with Gasteiger partial charge >= 0.3 is 0 Å². The van der Waals surface area contributed by atoms with E-state index in [1.54, 1.807) is 18.2 Å². The van der Waals surface area contributed by atoms with E-state index in [0.717, 1.165) is 0 Å². The molecule has 1 fully saturated rings. The summed E-state index contributed by atoms with van der Waals surface area (Å²) in [4.78, 5) is 0. The normalized spacial score (nSPS) is 25.6. The average Bonchev–Trinajstić information content (AvgIpc) is 2.10. The molecular formula is C9H24P2+2. The van der Waals surface area contributed by atoms with Crippen molar-refractivity contribution in [3.8, 4) is 0 Å². The van der Waals surface area contributed by atoms with E-state index in [4.69, 9.17) is 0 Å². The molecule has 0 N–H and O–H groups in total. The van der Waals surface area contributed by atoms with Gasteiger partial charge in [0.15, 0.2) is 5.90 Å². The summed E-state index contributed by atoms with van der Waals surface area (Å²) >= 11 is 0. The summed E-state index contributed by atoms with van der Waals surface area (Å²) in [5.41, 5.74) is 0. The zero-order valence-electron chi connectivity index (χ0n) is 9.02. The van der Waals surface area contributed by atoms with Crippen molar-refractivity contribution in [1.29, 1.82) is 0 Å². The molecule has 0 aliphatic carbocycles. The summed E-state index contributed by atoms with van der Waals surface area (Å²) in [5, 5.41) is 0. The molecule has 1 rings (SSSR count). The van der Waals surface area contributed by atoms with Crippen LogP contribution in [0.15, 0.2) is 0 Å². The molecule has 1 saturated heterocycles. The fraction of sp³-hybridized carbons (Fsp3) is 1.00. The molecule has 0 aromatic rings. The topological polar surface area (TPSA) is 0 Å². The highest BCUT2D eigenvalue weighted by atomic mass is 31.2. The predicted molar refractivity (Wildman–Crippen MR) is 63.5 cm³/mol. The Morgan fingerprint density at radius 2 is 1.00 bits per heavy atom. The van der Waals surface area contributed by atoms with Gasteiger partial charge in [0, 0.05) is 14.5 Å². The fourth-order valence-electron chi connectivity index (χ4n) is 1.72. The first-order valence-electron chi connectivity index (χ1n) is 4.55. The maximum atomic E-state index is 2.52. The zero-order valence-corrected chi connectivity index (χ0v) is 10.8. The number of rotatable bonds is 0. The SMILES string of the molecule is CC.C[P+]1(C)CC[P+](C)(C)C1. The Balaban J connectivity index is 0.000000461. The highest BCUT2D eigenvalue weighted by Crippen LogP contribution is 2.74. The molecule has 0 bridgehead atoms. The lowest BCUT2D eigenvalue weighted by Crippen LogP contribution is -1.89. The van der Waals surface area contributed by atoms with E-state index in [2.05, 4.69) is 26.7 Å². The Labute approximate surface area is 73.8 Å². The second-order valence-electron chi connectivity index (χ2n) is 4.46. The van der Waals surface area contributed by atoms with Crippen molar-refractivity contribution in [1.82, 2.24) is 0 Å². The molecule has 1 heterocycles. The second kappa shape index (κ2) is 4.20. The van der Waals surface area contributed by atoms with E-state index in [1.807, 2.05) is 13.8 Å². The van der Waals surface area contributed by atoms with Gasteiger partial charge in [0.05, 0.1) is 39.0 Å². The van der Waals surface area contributed by atoms with Gasteiger partial charge in [0.25, 0.3) is 0 Å². The lowest BCUT2D eigenvalue weighted by atomic mass is 11.0. The van der Waals surface area contributed by atoms with Crippen LogP contribution in [-0.4, -0.2) is 44.9 Å². The molecule has 0 unspecified atom stereocenters. The second-order valence-corrected chi connectivity index (χ2v) is 14.2. The maximum absolute atomic E-state index is 2.52. The molecule has 0 aromatic carbocycles. The van der Waals surface area contributed by atoms with E-state index >= 15 is 0 Å². The molecule has 1 aliphatic heterocycles. The third-order valence-electron chi connectivity index (χ3n) is 2.08. The van der Waals surface area contributed by atoms with Gasteiger partial charge in [-0.15, -0.1) is 0 Å². The van der Waals surface area contributed by atoms with Crippen LogP contribution in [0, 0.1) is 0 Å². The van der Waals surface area contributed by atoms with E-state index in [-0.39, 0.29) is 14.5 Å². The molecule has 0 saturated carbocycles. The number of hydrogen-bond acceptors (Lipinski definition) is 0. The molecule has 0 amide bonds. The van der Waals surface area contributed by atoms with Crippen LogP contribution in [-0.2, 0) is 0 Å². The van der Waals surface area contributed by atoms with Crippen molar-refractivity contribution in [2.45, 2.75) is 13.8 Å². The third-order valence-corrected chi connectivity index (χ3v) is 11.4. The molecule has 0 radical (unpaired) electrons. The van der Waals surface area contributed by atoms with Crippen LogP contribution in [0.5, 0.6) is 0 Å². The molecule has 11 heavy (non-hydrogen) atoms. The van der Waals surface area contributed by atoms with Gasteiger partial charge in [0.1, 0.15) is 0 Å². The van der Waals surface area contributed by atoms with Gasteiger partial charge in [-0.3, -0.25) is 0 Å². The summed E-state index contributed by atoms with van der Waals surface area (Å²) in [5.74, 6) is 1.62. The standard InChI is InChI=1S/C7H18P2.C2H6/c1-8(2)5-6-9(3,4)7-8;1-2/h5-7H2,1-4H3;1-2H3/q+2;. The Kier molecular flexibility index (Phi) is 4.53. The van der Waals surface area contributed by atoms with Gasteiger partial charge in [-0.2, -0.15) is 0 Å². The third kappa shape index (κ3) is 4.44. The molecule has 0 nitrogen and oxygen atoms in total. The van der Waals surface area contributed by atoms with Gasteiger partial charge in [-0.1, -0.05) is 13.8 Å². The summed E-state index contributed by atoms with van der Waals surface area (Å²) in [7, 11) is -0.731. The van der Waals surface area contributed by atoms with Crippen LogP contribution in [0.1, 0.15) is 13.8 Å². The van der Waals surface area contributed by atoms with E-state index in [9.17, 15) is 0 Å². The molecule has 0 aromatic heterocycles. The quantitative estimate of drug-likeness (QED) is 0.517. The van der Waals surface area contributed by atoms with Crippen molar-refractivity contribution in [3.05, 3.63) is 0 Å². The van der Waals surface area contributed by atoms with Crippen LogP contribution < -0.4 is 0 Å². The monoisotopic (exact) mass is 194 g/mol. The molecule has 0 atom stereocenters. The van der Waals surface area contributed by atoms with Crippen molar-refractivity contribution in [3.63, 3.8) is 0 Å². The molecule has 68 valence electrons. The maximum Gasteiger partial charge on any atom is 0.159 e. The predicted octanol–water partition coefficient (Wildman–Crippen LogP) is 3.54. The van der Waals surface area contributed by atoms with E-state index in [0.29, 0.717) is 0 Å². The first kappa shape index (κ1) is 11.9. The molecule has 0 spiro atoms. The Bertz CT molecular complexity index is 103. The number of hydrogen-bond donors (Lipinski definition) is 0. The van der Waals surface area contributed by atoms with Crippen LogP contribution in [0.3, 0.4) is 0 Å². The fourth-order valence-corrected chi connectivity index (χ4v) is 15.5. The minimum atomic E-state index is -0.365. The first-order chi connectivity index (χ1) is 4.91. The molecular weight excluding hydrogens is 170 g/mol. The summed E-state index contributed by atoms with van der Waals surface area (Å²) in [6.45, 7) is 14.1. The highest BCUT2D eigenvalue weighted by Gasteiger charge is 2.47. The summed E-state index contributed by atoms with van der Waals surface area (Å²) in [6, 6.07) is 0. The van der Waals surface area contributed by atoms with Crippen molar-refractivity contribution < 1.29 is 0 Å². The zero-order chi connectivity index (χ0) is 9.12. The minimum absolute atomic E-state index is 0.365. The van der Waals surface area contributed by atoms with Crippen molar-refractivity contribution in [2.24, 2.45) is 0 Å². The van der Waals surface area contributed by atoms with Crippen LogP contribution in [0.2, 0.25) is 0 Å². The molecule has 2 heteroatoms. The van der Waals surface area contributed by atoms with Crippen LogP contribution in [0.25, 0.3) is 0 Å². The Morgan fingerprint density at radius 3 is 1.09 bits per heavy atom. The summed E-state index contributed by atoms with van der Waals surface area (Å²) < 4.78 is 0. The Hall–Kier alpha value is 0.860. The Morgan fingerprint density at radius 1 is 0.727 bits per heavy atom. The lowest BCUT2D eigenvalue weighted by molar-refractivity contribution is 1.49. The molecule has 1 aliphatic rings. The summed E-state index contributed by atoms with van der Waals surface area (Å²) in [6.07, 6.45) is 3.15. The first-order valence-corrected chi connectivity index (χ1v) is 10.7. The van der Waals surface area contributed by atoms with Crippen molar-refractivity contribution in [2.75, 3.05) is 44.9 Å². The van der Waals surface area contributed by atoms with Crippen LogP contribution in [0.4, 0.5) is 0 Å². The highest BCUT2D eigenvalue weighted by molar-refractivity contribution is 7.93. The largest absolute Gasteiger partial charge is 0.159 e. The smallest absolute Gasteiger partial charge is 0.0683 e. The van der Waals surface area contributed by atoms with Crippen LogP contribution >= 0.6 is 14.5 Å². The average molecular weight is 194 g/mol. The van der Waals surface area contributed by atoms with Gasteiger partial charge in [0.2, 0.25) is 0 Å². The van der Waals surface area contributed by atoms with Gasteiger partial charge in [-0.25, -0.2) is 0 Å². The lowest BCUT2D eigenvalue weighted by Gasteiger charge is -2.09. The van der Waals surface area contributed by atoms with E-state index < -0.39 is 0 Å².